The van der Waals surface area contributed by atoms with Crippen molar-refractivity contribution in [3.63, 3.8) is 0 Å². The summed E-state index contributed by atoms with van der Waals surface area (Å²) in [4.78, 5) is 45.1. The van der Waals surface area contributed by atoms with E-state index in [4.69, 9.17) is 10.8 Å². The van der Waals surface area contributed by atoms with Crippen LogP contribution in [0.2, 0.25) is 0 Å². The van der Waals surface area contributed by atoms with E-state index < -0.39 is 29.7 Å². The van der Waals surface area contributed by atoms with Crippen molar-refractivity contribution < 1.29 is 24.3 Å². The Labute approximate surface area is 138 Å². The van der Waals surface area contributed by atoms with Crippen molar-refractivity contribution in [1.82, 2.24) is 16.0 Å². The van der Waals surface area contributed by atoms with Crippen LogP contribution in [0.5, 0.6) is 0 Å². The summed E-state index contributed by atoms with van der Waals surface area (Å²) < 4.78 is 0. The zero-order valence-electron chi connectivity index (χ0n) is 13.2. The van der Waals surface area contributed by atoms with Gasteiger partial charge in [0.15, 0.2) is 0 Å². The second-order valence-electron chi connectivity index (χ2n) is 4.99. The topological polar surface area (TPSA) is 151 Å². The number of carboxylic acids is 1. The lowest BCUT2D eigenvalue weighted by Crippen LogP contribution is -2.48. The highest BCUT2D eigenvalue weighted by Gasteiger charge is 2.15. The molecule has 0 radical (unpaired) electrons. The molecule has 130 valence electrons. The fourth-order valence-electron chi connectivity index (χ4n) is 1.71. The van der Waals surface area contributed by atoms with Gasteiger partial charge in [0, 0.05) is 6.54 Å². The number of amides is 3. The Morgan fingerprint density at radius 1 is 1.08 bits per heavy atom. The molecule has 1 aromatic rings. The number of hydrogen-bond acceptors (Lipinski definition) is 5. The van der Waals surface area contributed by atoms with E-state index in [0.717, 1.165) is 5.56 Å². The van der Waals surface area contributed by atoms with Gasteiger partial charge in [0.05, 0.1) is 18.7 Å². The zero-order valence-corrected chi connectivity index (χ0v) is 13.2. The van der Waals surface area contributed by atoms with E-state index in [1.54, 1.807) is 12.1 Å². The summed E-state index contributed by atoms with van der Waals surface area (Å²) in [7, 11) is 0. The Hall–Kier alpha value is -2.94. The molecule has 0 aromatic heterocycles. The SMILES string of the molecule is C[C@H](NC(=O)CN)C(=O)NCC(=O)NCc1ccc(C(=O)O)cc1. The van der Waals surface area contributed by atoms with Crippen molar-refractivity contribution in [2.75, 3.05) is 13.1 Å². The lowest BCUT2D eigenvalue weighted by molar-refractivity contribution is -0.129. The van der Waals surface area contributed by atoms with Gasteiger partial charge in [-0.3, -0.25) is 14.4 Å². The Bertz CT molecular complexity index is 615. The number of nitrogens with one attached hydrogen (secondary N) is 3. The van der Waals surface area contributed by atoms with Gasteiger partial charge in [0.1, 0.15) is 6.04 Å². The fourth-order valence-corrected chi connectivity index (χ4v) is 1.71. The first-order chi connectivity index (χ1) is 11.3. The van der Waals surface area contributed by atoms with Crippen LogP contribution in [0.15, 0.2) is 24.3 Å². The first kappa shape index (κ1) is 19.1. The molecule has 0 saturated carbocycles. The summed E-state index contributed by atoms with van der Waals surface area (Å²) >= 11 is 0. The fraction of sp³-hybridized carbons (Fsp3) is 0.333. The third-order valence-corrected chi connectivity index (χ3v) is 3.07. The summed E-state index contributed by atoms with van der Waals surface area (Å²) in [6.45, 7) is 1.21. The lowest BCUT2D eigenvalue weighted by atomic mass is 10.1. The number of rotatable bonds is 8. The van der Waals surface area contributed by atoms with Crippen molar-refractivity contribution >= 4 is 23.7 Å². The number of nitrogens with two attached hydrogens (primary N) is 1. The van der Waals surface area contributed by atoms with Crippen LogP contribution < -0.4 is 21.7 Å². The molecule has 6 N–H and O–H groups in total. The molecule has 0 spiro atoms. The molecule has 1 aromatic carbocycles. The molecule has 24 heavy (non-hydrogen) atoms. The molecule has 0 bridgehead atoms. The van der Waals surface area contributed by atoms with Crippen LogP contribution in [0.1, 0.15) is 22.8 Å². The predicted molar refractivity (Wildman–Crippen MR) is 84.9 cm³/mol. The van der Waals surface area contributed by atoms with Gasteiger partial charge in [-0.15, -0.1) is 0 Å². The summed E-state index contributed by atoms with van der Waals surface area (Å²) in [5.41, 5.74) is 6.01. The number of carbonyl (C=O) groups excluding carboxylic acids is 3. The Kier molecular flexibility index (Phi) is 7.37. The molecule has 9 heteroatoms. The number of hydrogen-bond donors (Lipinski definition) is 5. The smallest absolute Gasteiger partial charge is 0.335 e. The molecule has 1 atom stereocenters. The van der Waals surface area contributed by atoms with E-state index in [1.165, 1.54) is 19.1 Å². The standard InChI is InChI=1S/C15H20N4O5/c1-9(19-12(20)6-16)14(22)18-8-13(21)17-7-10-2-4-11(5-3-10)15(23)24/h2-5,9H,6-8,16H2,1H3,(H,17,21)(H,18,22)(H,19,20)(H,23,24)/t9-/m0/s1. The molecule has 3 amide bonds. The Morgan fingerprint density at radius 2 is 1.71 bits per heavy atom. The lowest BCUT2D eigenvalue weighted by Gasteiger charge is -2.13. The average molecular weight is 336 g/mol. The summed E-state index contributed by atoms with van der Waals surface area (Å²) in [5.74, 6) is -2.41. The van der Waals surface area contributed by atoms with Crippen molar-refractivity contribution in [3.05, 3.63) is 35.4 Å². The molecule has 9 nitrogen and oxygen atoms in total. The first-order valence-corrected chi connectivity index (χ1v) is 7.19. The molecule has 1 rings (SSSR count). The van der Waals surface area contributed by atoms with E-state index in [9.17, 15) is 19.2 Å². The van der Waals surface area contributed by atoms with Gasteiger partial charge in [0.25, 0.3) is 0 Å². The molecular weight excluding hydrogens is 316 g/mol. The molecule has 0 heterocycles. The molecule has 0 aliphatic rings. The average Bonchev–Trinajstić information content (AvgIpc) is 2.57. The summed E-state index contributed by atoms with van der Waals surface area (Å²) in [6.07, 6.45) is 0. The minimum Gasteiger partial charge on any atom is -0.478 e. The van der Waals surface area contributed by atoms with E-state index in [1.807, 2.05) is 0 Å². The Balaban J connectivity index is 2.34. The van der Waals surface area contributed by atoms with E-state index in [-0.39, 0.29) is 25.2 Å². The Morgan fingerprint density at radius 3 is 2.25 bits per heavy atom. The largest absolute Gasteiger partial charge is 0.478 e. The third kappa shape index (κ3) is 6.44. The highest BCUT2D eigenvalue weighted by molar-refractivity contribution is 5.90. The van der Waals surface area contributed by atoms with Crippen LogP contribution >= 0.6 is 0 Å². The van der Waals surface area contributed by atoms with E-state index in [2.05, 4.69) is 16.0 Å². The first-order valence-electron chi connectivity index (χ1n) is 7.19. The maximum absolute atomic E-state index is 11.7. The maximum atomic E-state index is 11.7. The van der Waals surface area contributed by atoms with Crippen LogP contribution in [0.4, 0.5) is 0 Å². The summed E-state index contributed by atoms with van der Waals surface area (Å²) in [6, 6.07) is 5.26. The van der Waals surface area contributed by atoms with Gasteiger partial charge in [-0.1, -0.05) is 12.1 Å². The number of benzene rings is 1. The van der Waals surface area contributed by atoms with Gasteiger partial charge in [-0.25, -0.2) is 4.79 Å². The number of aromatic carboxylic acids is 1. The molecule has 0 aliphatic carbocycles. The normalized spacial score (nSPS) is 11.2. The van der Waals surface area contributed by atoms with Gasteiger partial charge < -0.3 is 26.8 Å². The van der Waals surface area contributed by atoms with E-state index in [0.29, 0.717) is 0 Å². The van der Waals surface area contributed by atoms with Crippen molar-refractivity contribution in [2.45, 2.75) is 19.5 Å². The highest BCUT2D eigenvalue weighted by Crippen LogP contribution is 2.04. The van der Waals surface area contributed by atoms with Crippen LogP contribution in [0.3, 0.4) is 0 Å². The minimum atomic E-state index is -1.02. The molecular formula is C15H20N4O5. The number of carboxylic acid groups (broad SMARTS) is 1. The molecule has 0 aliphatic heterocycles. The van der Waals surface area contributed by atoms with Crippen LogP contribution in [-0.2, 0) is 20.9 Å². The quantitative estimate of drug-likeness (QED) is 0.393. The molecule has 0 fully saturated rings. The van der Waals surface area contributed by atoms with E-state index >= 15 is 0 Å². The monoisotopic (exact) mass is 336 g/mol. The third-order valence-electron chi connectivity index (χ3n) is 3.07. The zero-order chi connectivity index (χ0) is 18.1. The molecule has 0 saturated heterocycles. The van der Waals surface area contributed by atoms with Crippen molar-refractivity contribution in [3.8, 4) is 0 Å². The van der Waals surface area contributed by atoms with Crippen molar-refractivity contribution in [1.29, 1.82) is 0 Å². The van der Waals surface area contributed by atoms with Crippen LogP contribution in [0, 0.1) is 0 Å². The van der Waals surface area contributed by atoms with Gasteiger partial charge in [-0.2, -0.15) is 0 Å². The predicted octanol–water partition coefficient (Wildman–Crippen LogP) is -1.42. The minimum absolute atomic E-state index is 0.158. The summed E-state index contributed by atoms with van der Waals surface area (Å²) in [5, 5.41) is 16.1. The van der Waals surface area contributed by atoms with Gasteiger partial charge >= 0.3 is 5.97 Å². The number of carbonyl (C=O) groups is 4. The molecule has 0 unspecified atom stereocenters. The van der Waals surface area contributed by atoms with Crippen molar-refractivity contribution in [2.24, 2.45) is 5.73 Å². The highest BCUT2D eigenvalue weighted by atomic mass is 16.4. The second-order valence-corrected chi connectivity index (χ2v) is 4.99. The van der Waals surface area contributed by atoms with Crippen LogP contribution in [0.25, 0.3) is 0 Å². The van der Waals surface area contributed by atoms with Gasteiger partial charge in [0.2, 0.25) is 17.7 Å². The maximum Gasteiger partial charge on any atom is 0.335 e. The second kappa shape index (κ2) is 9.26. The van der Waals surface area contributed by atoms with Crippen LogP contribution in [-0.4, -0.2) is 47.9 Å². The van der Waals surface area contributed by atoms with Gasteiger partial charge in [-0.05, 0) is 24.6 Å².